The van der Waals surface area contributed by atoms with Crippen molar-refractivity contribution in [1.29, 1.82) is 0 Å². The summed E-state index contributed by atoms with van der Waals surface area (Å²) in [5, 5.41) is 3.90. The molecule has 2 saturated heterocycles. The van der Waals surface area contributed by atoms with Gasteiger partial charge in [-0.05, 0) is 68.4 Å². The Morgan fingerprint density at radius 1 is 1.13 bits per heavy atom. The van der Waals surface area contributed by atoms with Gasteiger partial charge < -0.3 is 0 Å². The fourth-order valence-electron chi connectivity index (χ4n) is 4.54. The van der Waals surface area contributed by atoms with E-state index in [9.17, 15) is 9.59 Å². The number of amides is 1. The van der Waals surface area contributed by atoms with Crippen molar-refractivity contribution in [3.8, 4) is 0 Å². The third kappa shape index (κ3) is 4.15. The Balaban J connectivity index is 1.87. The highest BCUT2D eigenvalue weighted by Crippen LogP contribution is 2.45. The lowest BCUT2D eigenvalue weighted by atomic mass is 9.79. The molecule has 2 heterocycles. The van der Waals surface area contributed by atoms with Gasteiger partial charge in [0.1, 0.15) is 11.5 Å². The summed E-state index contributed by atoms with van der Waals surface area (Å²) in [5.74, 6) is -0.711. The summed E-state index contributed by atoms with van der Waals surface area (Å²) in [6.07, 6.45) is 2.06. The Labute approximate surface area is 184 Å². The van der Waals surface area contributed by atoms with Gasteiger partial charge in [-0.2, -0.15) is 5.06 Å². The SMILES string of the molecule is CCON1C(=O)C(c2c(C)cc(Cl)cc2C)C(=O)C12CCN(OCC(C)CC)CC2. The maximum atomic E-state index is 13.8. The van der Waals surface area contributed by atoms with Crippen LogP contribution in [0.25, 0.3) is 0 Å². The van der Waals surface area contributed by atoms with Crippen molar-refractivity contribution in [3.63, 3.8) is 0 Å². The van der Waals surface area contributed by atoms with Crippen LogP contribution < -0.4 is 0 Å². The summed E-state index contributed by atoms with van der Waals surface area (Å²) >= 11 is 6.18. The van der Waals surface area contributed by atoms with Crippen LogP contribution in [0.2, 0.25) is 5.02 Å². The number of halogens is 1. The van der Waals surface area contributed by atoms with Gasteiger partial charge in [-0.25, -0.2) is 5.06 Å². The molecule has 0 aliphatic carbocycles. The molecule has 2 unspecified atom stereocenters. The van der Waals surface area contributed by atoms with Crippen LogP contribution in [-0.2, 0) is 19.3 Å². The first-order valence-electron chi connectivity index (χ1n) is 10.9. The largest absolute Gasteiger partial charge is 0.299 e. The van der Waals surface area contributed by atoms with Gasteiger partial charge in [-0.3, -0.25) is 19.3 Å². The molecule has 0 N–H and O–H groups in total. The topological polar surface area (TPSA) is 59.1 Å². The molecule has 30 heavy (non-hydrogen) atoms. The number of hydroxylamine groups is 4. The average molecular weight is 437 g/mol. The van der Waals surface area contributed by atoms with Crippen molar-refractivity contribution >= 4 is 23.3 Å². The molecule has 1 aromatic carbocycles. The molecule has 1 spiro atoms. The number of nitrogens with zero attached hydrogens (tertiary/aromatic N) is 2. The van der Waals surface area contributed by atoms with Crippen LogP contribution in [0.4, 0.5) is 0 Å². The van der Waals surface area contributed by atoms with Crippen LogP contribution in [0.5, 0.6) is 0 Å². The minimum Gasteiger partial charge on any atom is -0.299 e. The quantitative estimate of drug-likeness (QED) is 0.599. The van der Waals surface area contributed by atoms with Crippen LogP contribution in [0.1, 0.15) is 62.6 Å². The molecule has 2 atom stereocenters. The number of rotatable bonds is 7. The summed E-state index contributed by atoms with van der Waals surface area (Å²) in [5.41, 5.74) is 1.53. The predicted molar refractivity (Wildman–Crippen MR) is 116 cm³/mol. The molecule has 0 aromatic heterocycles. The molecule has 2 aliphatic rings. The first kappa shape index (κ1) is 23.2. The summed E-state index contributed by atoms with van der Waals surface area (Å²) < 4.78 is 0. The molecule has 0 radical (unpaired) electrons. The fraction of sp³-hybridized carbons (Fsp3) is 0.652. The maximum Gasteiger partial charge on any atom is 0.262 e. The van der Waals surface area contributed by atoms with Crippen molar-refractivity contribution in [1.82, 2.24) is 10.1 Å². The standard InChI is InChI=1S/C23H33ClN2O4/c1-6-15(3)14-30-25-10-8-23(9-11-25)21(27)20(22(28)26(23)29-7-2)19-16(4)12-18(24)13-17(19)5/h12-13,15,20H,6-11,14H2,1-5H3. The third-order valence-electron chi connectivity index (χ3n) is 6.45. The minimum absolute atomic E-state index is 0.0731. The van der Waals surface area contributed by atoms with Crippen LogP contribution in [0, 0.1) is 19.8 Å². The lowest BCUT2D eigenvalue weighted by Crippen LogP contribution is -2.56. The number of carbonyl (C=O) groups is 2. The number of ketones is 1. The maximum absolute atomic E-state index is 13.8. The summed E-state index contributed by atoms with van der Waals surface area (Å²) in [7, 11) is 0. The zero-order chi connectivity index (χ0) is 22.1. The summed E-state index contributed by atoms with van der Waals surface area (Å²) in [6, 6.07) is 3.62. The van der Waals surface area contributed by atoms with Crippen molar-refractivity contribution < 1.29 is 19.3 Å². The van der Waals surface area contributed by atoms with Gasteiger partial charge in [0.05, 0.1) is 13.2 Å². The summed E-state index contributed by atoms with van der Waals surface area (Å²) in [6.45, 7) is 12.1. The van der Waals surface area contributed by atoms with E-state index in [0.29, 0.717) is 50.1 Å². The number of aryl methyl sites for hydroxylation is 2. The highest BCUT2D eigenvalue weighted by atomic mass is 35.5. The number of hydrogen-bond donors (Lipinski definition) is 0. The van der Waals surface area contributed by atoms with Crippen molar-refractivity contribution in [2.45, 2.75) is 65.3 Å². The fourth-order valence-corrected chi connectivity index (χ4v) is 4.87. The smallest absolute Gasteiger partial charge is 0.262 e. The molecular weight excluding hydrogens is 404 g/mol. The number of piperidine rings is 1. The van der Waals surface area contributed by atoms with Gasteiger partial charge in [0, 0.05) is 18.1 Å². The van der Waals surface area contributed by atoms with Gasteiger partial charge in [-0.15, -0.1) is 0 Å². The van der Waals surface area contributed by atoms with Crippen molar-refractivity contribution in [2.24, 2.45) is 5.92 Å². The van der Waals surface area contributed by atoms with E-state index in [1.54, 1.807) is 0 Å². The predicted octanol–water partition coefficient (Wildman–Crippen LogP) is 4.22. The Morgan fingerprint density at radius 3 is 2.27 bits per heavy atom. The molecule has 2 aliphatic heterocycles. The molecule has 6 nitrogen and oxygen atoms in total. The Morgan fingerprint density at radius 2 is 1.73 bits per heavy atom. The van der Waals surface area contributed by atoms with Gasteiger partial charge in [-0.1, -0.05) is 31.9 Å². The van der Waals surface area contributed by atoms with E-state index < -0.39 is 11.5 Å². The normalized spacial score (nSPS) is 22.9. The lowest BCUT2D eigenvalue weighted by molar-refractivity contribution is -0.235. The van der Waals surface area contributed by atoms with Crippen LogP contribution in [0.3, 0.4) is 0 Å². The highest BCUT2D eigenvalue weighted by molar-refractivity contribution is 6.30. The zero-order valence-electron chi connectivity index (χ0n) is 18.7. The Hall–Kier alpha value is -1.47. The number of benzene rings is 1. The van der Waals surface area contributed by atoms with Crippen LogP contribution in [0.15, 0.2) is 12.1 Å². The summed E-state index contributed by atoms with van der Waals surface area (Å²) in [4.78, 5) is 38.8. The molecule has 166 valence electrons. The second kappa shape index (κ2) is 9.35. The number of Topliss-reactive ketones (excluding diaryl/α,β-unsaturated/α-hetero) is 1. The average Bonchev–Trinajstić information content (AvgIpc) is 2.89. The first-order chi connectivity index (χ1) is 14.2. The van der Waals surface area contributed by atoms with Crippen molar-refractivity contribution in [3.05, 3.63) is 33.8 Å². The number of hydrogen-bond acceptors (Lipinski definition) is 5. The third-order valence-corrected chi connectivity index (χ3v) is 6.67. The second-order valence-electron chi connectivity index (χ2n) is 8.57. The zero-order valence-corrected chi connectivity index (χ0v) is 19.4. The van der Waals surface area contributed by atoms with Crippen LogP contribution >= 0.6 is 11.6 Å². The Kier molecular flexibility index (Phi) is 7.23. The second-order valence-corrected chi connectivity index (χ2v) is 9.01. The van der Waals surface area contributed by atoms with Crippen LogP contribution in [-0.4, -0.2) is 53.7 Å². The molecule has 0 bridgehead atoms. The van der Waals surface area contributed by atoms with Gasteiger partial charge >= 0.3 is 0 Å². The lowest BCUT2D eigenvalue weighted by Gasteiger charge is -2.41. The molecular formula is C23H33ClN2O4. The molecule has 3 rings (SSSR count). The molecule has 2 fully saturated rings. The Bertz CT molecular complexity index is 781. The molecule has 7 heteroatoms. The number of carbonyl (C=O) groups excluding carboxylic acids is 2. The minimum atomic E-state index is -0.938. The van der Waals surface area contributed by atoms with E-state index in [0.717, 1.165) is 23.1 Å². The van der Waals surface area contributed by atoms with E-state index >= 15 is 0 Å². The highest BCUT2D eigenvalue weighted by Gasteiger charge is 2.61. The van der Waals surface area contributed by atoms with E-state index in [2.05, 4.69) is 13.8 Å². The van der Waals surface area contributed by atoms with E-state index in [1.807, 2.05) is 38.0 Å². The van der Waals surface area contributed by atoms with Crippen molar-refractivity contribution in [2.75, 3.05) is 26.3 Å². The first-order valence-corrected chi connectivity index (χ1v) is 11.3. The monoisotopic (exact) mass is 436 g/mol. The van der Waals surface area contributed by atoms with Gasteiger partial charge in [0.2, 0.25) is 0 Å². The molecule has 1 amide bonds. The van der Waals surface area contributed by atoms with E-state index in [-0.39, 0.29) is 11.7 Å². The molecule has 0 saturated carbocycles. The van der Waals surface area contributed by atoms with Gasteiger partial charge in [0.15, 0.2) is 5.78 Å². The van der Waals surface area contributed by atoms with E-state index in [4.69, 9.17) is 21.3 Å². The van der Waals surface area contributed by atoms with Gasteiger partial charge in [0.25, 0.3) is 5.91 Å². The molecule has 1 aromatic rings. The van der Waals surface area contributed by atoms with E-state index in [1.165, 1.54) is 5.06 Å².